The van der Waals surface area contributed by atoms with Crippen molar-refractivity contribution in [1.29, 1.82) is 0 Å². The Labute approximate surface area is 108 Å². The molecule has 0 N–H and O–H groups in total. The first-order valence-electron chi connectivity index (χ1n) is 5.46. The van der Waals surface area contributed by atoms with Crippen LogP contribution in [0.25, 0.3) is 11.5 Å². The van der Waals surface area contributed by atoms with E-state index in [2.05, 4.69) is 10.1 Å². The Balaban J connectivity index is 2.43. The number of hydrogen-bond donors (Lipinski definition) is 0. The number of halogens is 3. The maximum atomic E-state index is 13.6. The summed E-state index contributed by atoms with van der Waals surface area (Å²) in [5, 5.41) is 3.30. The minimum absolute atomic E-state index is 0.00435. The quantitative estimate of drug-likeness (QED) is 0.793. The zero-order valence-corrected chi connectivity index (χ0v) is 10.6. The highest BCUT2D eigenvalue weighted by Crippen LogP contribution is 2.27. The molecule has 1 atom stereocenters. The first-order chi connectivity index (χ1) is 8.52. The van der Waals surface area contributed by atoms with Crippen LogP contribution in [0.2, 0.25) is 0 Å². The summed E-state index contributed by atoms with van der Waals surface area (Å²) in [6.45, 7) is 3.41. The van der Waals surface area contributed by atoms with Crippen molar-refractivity contribution in [3.8, 4) is 11.5 Å². The van der Waals surface area contributed by atoms with Crippen LogP contribution in [-0.2, 0) is 0 Å². The van der Waals surface area contributed by atoms with Crippen molar-refractivity contribution in [1.82, 2.24) is 10.1 Å². The van der Waals surface area contributed by atoms with Gasteiger partial charge in [-0.25, -0.2) is 8.78 Å². The van der Waals surface area contributed by atoms with Crippen LogP contribution in [0.3, 0.4) is 0 Å². The zero-order valence-electron chi connectivity index (χ0n) is 9.88. The summed E-state index contributed by atoms with van der Waals surface area (Å²) >= 11 is 5.95. The molecule has 6 heteroatoms. The molecule has 0 aliphatic rings. The molecule has 1 unspecified atom stereocenters. The van der Waals surface area contributed by atoms with Crippen molar-refractivity contribution >= 4 is 11.6 Å². The highest BCUT2D eigenvalue weighted by Gasteiger charge is 2.18. The van der Waals surface area contributed by atoms with Crippen LogP contribution < -0.4 is 0 Å². The van der Waals surface area contributed by atoms with Crippen LogP contribution in [0, 0.1) is 18.6 Å². The summed E-state index contributed by atoms with van der Waals surface area (Å²) < 4.78 is 31.7. The van der Waals surface area contributed by atoms with E-state index in [4.69, 9.17) is 16.1 Å². The molecule has 0 aliphatic heterocycles. The Bertz CT molecular complexity index is 571. The molecule has 0 aliphatic carbocycles. The van der Waals surface area contributed by atoms with E-state index >= 15 is 0 Å². The second-order valence-electron chi connectivity index (χ2n) is 3.91. The molecule has 1 aromatic heterocycles. The molecule has 0 radical (unpaired) electrons. The molecule has 0 saturated heterocycles. The van der Waals surface area contributed by atoms with Gasteiger partial charge in [0.2, 0.25) is 0 Å². The topological polar surface area (TPSA) is 38.9 Å². The summed E-state index contributed by atoms with van der Waals surface area (Å²) in [6, 6.07) is 2.13. The van der Waals surface area contributed by atoms with Crippen molar-refractivity contribution < 1.29 is 13.3 Å². The average molecular weight is 273 g/mol. The number of nitrogens with zero attached hydrogens (tertiary/aromatic N) is 2. The summed E-state index contributed by atoms with van der Waals surface area (Å²) in [5.74, 6) is -1.05. The van der Waals surface area contributed by atoms with Crippen LogP contribution in [0.4, 0.5) is 8.78 Å². The van der Waals surface area contributed by atoms with Crippen molar-refractivity contribution in [3.05, 3.63) is 35.2 Å². The van der Waals surface area contributed by atoms with E-state index in [1.807, 2.05) is 6.92 Å². The fourth-order valence-corrected chi connectivity index (χ4v) is 1.56. The highest BCUT2D eigenvalue weighted by atomic mass is 35.5. The van der Waals surface area contributed by atoms with E-state index in [9.17, 15) is 8.78 Å². The van der Waals surface area contributed by atoms with E-state index in [0.29, 0.717) is 17.8 Å². The van der Waals surface area contributed by atoms with Gasteiger partial charge in [-0.15, -0.1) is 11.6 Å². The lowest BCUT2D eigenvalue weighted by atomic mass is 10.1. The van der Waals surface area contributed by atoms with Gasteiger partial charge in [0.05, 0.1) is 10.9 Å². The molecule has 0 spiro atoms. The molecule has 18 heavy (non-hydrogen) atoms. The molecule has 0 amide bonds. The van der Waals surface area contributed by atoms with Crippen molar-refractivity contribution in [2.45, 2.75) is 25.6 Å². The minimum Gasteiger partial charge on any atom is -0.334 e. The van der Waals surface area contributed by atoms with E-state index in [1.165, 1.54) is 13.0 Å². The van der Waals surface area contributed by atoms with Crippen molar-refractivity contribution in [2.24, 2.45) is 0 Å². The molecule has 0 bridgehead atoms. The lowest BCUT2D eigenvalue weighted by Crippen LogP contribution is -1.93. The summed E-state index contributed by atoms with van der Waals surface area (Å²) in [5.41, 5.74) is 0.386. The van der Waals surface area contributed by atoms with Gasteiger partial charge in [-0.05, 0) is 25.0 Å². The van der Waals surface area contributed by atoms with Crippen LogP contribution >= 0.6 is 11.6 Å². The Kier molecular flexibility index (Phi) is 3.61. The highest BCUT2D eigenvalue weighted by molar-refractivity contribution is 6.20. The molecule has 0 fully saturated rings. The normalized spacial score (nSPS) is 12.7. The van der Waals surface area contributed by atoms with Crippen molar-refractivity contribution in [3.63, 3.8) is 0 Å². The van der Waals surface area contributed by atoms with Gasteiger partial charge in [-0.1, -0.05) is 12.1 Å². The van der Waals surface area contributed by atoms with Crippen LogP contribution in [0.1, 0.15) is 30.1 Å². The van der Waals surface area contributed by atoms with E-state index < -0.39 is 11.6 Å². The number of rotatable bonds is 3. The zero-order chi connectivity index (χ0) is 13.3. The molecule has 3 nitrogen and oxygen atoms in total. The number of hydrogen-bond acceptors (Lipinski definition) is 3. The monoisotopic (exact) mass is 272 g/mol. The second-order valence-corrected chi connectivity index (χ2v) is 4.44. The van der Waals surface area contributed by atoms with Gasteiger partial charge in [0, 0.05) is 6.07 Å². The number of benzene rings is 1. The molecular weight excluding hydrogens is 262 g/mol. The maximum Gasteiger partial charge on any atom is 0.260 e. The maximum absolute atomic E-state index is 13.6. The van der Waals surface area contributed by atoms with Gasteiger partial charge >= 0.3 is 0 Å². The number of aromatic nitrogens is 2. The van der Waals surface area contributed by atoms with Gasteiger partial charge < -0.3 is 4.52 Å². The van der Waals surface area contributed by atoms with Crippen LogP contribution in [-0.4, -0.2) is 10.1 Å². The standard InChI is InChI=1S/C12H11ClF2N2O/c1-3-8(13)11-16-12(18-17-11)7-4-6(2)9(14)5-10(7)15/h4-5,8H,3H2,1-2H3. The SMILES string of the molecule is CCC(Cl)c1noc(-c2cc(C)c(F)cc2F)n1. The smallest absolute Gasteiger partial charge is 0.260 e. The molecular formula is C12H11ClF2N2O. The molecule has 1 heterocycles. The van der Waals surface area contributed by atoms with Gasteiger partial charge in [-0.2, -0.15) is 4.98 Å². The third kappa shape index (κ3) is 2.36. The molecule has 1 aromatic carbocycles. The molecule has 96 valence electrons. The average Bonchev–Trinajstić information content (AvgIpc) is 2.82. The molecule has 0 saturated carbocycles. The summed E-state index contributed by atoms with van der Waals surface area (Å²) in [4.78, 5) is 4.01. The third-order valence-electron chi connectivity index (χ3n) is 2.56. The Morgan fingerprint density at radius 2 is 2.06 bits per heavy atom. The molecule has 2 aromatic rings. The number of aryl methyl sites for hydroxylation is 1. The second kappa shape index (κ2) is 5.02. The Hall–Kier alpha value is -1.49. The van der Waals surface area contributed by atoms with Gasteiger partial charge in [0.25, 0.3) is 5.89 Å². The van der Waals surface area contributed by atoms with Gasteiger partial charge in [0.15, 0.2) is 5.82 Å². The third-order valence-corrected chi connectivity index (χ3v) is 3.06. The van der Waals surface area contributed by atoms with E-state index in [0.717, 1.165) is 6.07 Å². The van der Waals surface area contributed by atoms with Crippen molar-refractivity contribution in [2.75, 3.05) is 0 Å². The fourth-order valence-electron chi connectivity index (χ4n) is 1.48. The van der Waals surface area contributed by atoms with E-state index in [1.54, 1.807) is 0 Å². The van der Waals surface area contributed by atoms with Gasteiger partial charge in [-0.3, -0.25) is 0 Å². The van der Waals surface area contributed by atoms with E-state index in [-0.39, 0.29) is 16.8 Å². The number of alkyl halides is 1. The largest absolute Gasteiger partial charge is 0.334 e. The Morgan fingerprint density at radius 3 is 2.72 bits per heavy atom. The van der Waals surface area contributed by atoms with Crippen LogP contribution in [0.5, 0.6) is 0 Å². The van der Waals surface area contributed by atoms with Gasteiger partial charge in [0.1, 0.15) is 11.6 Å². The summed E-state index contributed by atoms with van der Waals surface area (Å²) in [7, 11) is 0. The summed E-state index contributed by atoms with van der Waals surface area (Å²) in [6.07, 6.45) is 0.630. The lowest BCUT2D eigenvalue weighted by Gasteiger charge is -2.01. The van der Waals surface area contributed by atoms with Crippen LogP contribution in [0.15, 0.2) is 16.7 Å². The lowest BCUT2D eigenvalue weighted by molar-refractivity contribution is 0.418. The minimum atomic E-state index is -0.740. The fraction of sp³-hybridized carbons (Fsp3) is 0.333. The predicted molar refractivity (Wildman–Crippen MR) is 63.3 cm³/mol. The first kappa shape index (κ1) is 13.0. The predicted octanol–water partition coefficient (Wildman–Crippen LogP) is 4.01. The molecule has 2 rings (SSSR count). The first-order valence-corrected chi connectivity index (χ1v) is 5.90. The Morgan fingerprint density at radius 1 is 1.33 bits per heavy atom.